The van der Waals surface area contributed by atoms with Gasteiger partial charge in [-0.25, -0.2) is 5.43 Å². The fourth-order valence-corrected chi connectivity index (χ4v) is 1.75. The summed E-state index contributed by atoms with van der Waals surface area (Å²) in [5.41, 5.74) is 2.04. The molecule has 0 bridgehead atoms. The second kappa shape index (κ2) is 10.5. The minimum Gasteiger partial charge on any atom is -0.383 e. The topological polar surface area (TPSA) is 152 Å². The summed E-state index contributed by atoms with van der Waals surface area (Å²) >= 11 is 0. The van der Waals surface area contributed by atoms with Crippen LogP contribution in [-0.2, 0) is 19.1 Å². The molecule has 140 valence electrons. The summed E-state index contributed by atoms with van der Waals surface area (Å²) in [6.45, 7) is 1.89. The summed E-state index contributed by atoms with van der Waals surface area (Å²) in [6, 6.07) is 5.69. The Labute approximate surface area is 148 Å². The second-order valence-corrected chi connectivity index (χ2v) is 5.04. The Kier molecular flexibility index (Phi) is 8.37. The van der Waals surface area contributed by atoms with Crippen LogP contribution in [0, 0.1) is 10.1 Å². The number of hydrogen-bond donors (Lipinski definition) is 3. The molecule has 26 heavy (non-hydrogen) atoms. The zero-order chi connectivity index (χ0) is 19.5. The van der Waals surface area contributed by atoms with E-state index in [9.17, 15) is 24.5 Å². The minimum absolute atomic E-state index is 0.0526. The summed E-state index contributed by atoms with van der Waals surface area (Å²) in [6.07, 6.45) is -0.225. The summed E-state index contributed by atoms with van der Waals surface area (Å²) in [7, 11) is 1.45. The molecule has 1 aromatic carbocycles. The molecule has 3 amide bonds. The van der Waals surface area contributed by atoms with Gasteiger partial charge in [-0.3, -0.25) is 24.5 Å². The molecule has 0 unspecified atom stereocenters. The molecule has 0 saturated carbocycles. The van der Waals surface area contributed by atoms with Crippen molar-refractivity contribution in [3.63, 3.8) is 0 Å². The Morgan fingerprint density at radius 2 is 1.92 bits per heavy atom. The highest BCUT2D eigenvalue weighted by atomic mass is 16.6. The molecule has 3 N–H and O–H groups in total. The summed E-state index contributed by atoms with van der Waals surface area (Å²) in [5, 5.41) is 19.3. The van der Waals surface area contributed by atoms with Gasteiger partial charge in [0.25, 0.3) is 5.69 Å². The molecule has 11 nitrogen and oxygen atoms in total. The number of ether oxygens (including phenoxy) is 1. The molecule has 0 aromatic heterocycles. The molecule has 0 atom stereocenters. The average Bonchev–Trinajstić information content (AvgIpc) is 2.59. The second-order valence-electron chi connectivity index (χ2n) is 5.04. The Morgan fingerprint density at radius 3 is 2.58 bits per heavy atom. The number of amides is 3. The Hall–Kier alpha value is -3.34. The predicted octanol–water partition coefficient (Wildman–Crippen LogP) is 0.178. The van der Waals surface area contributed by atoms with E-state index >= 15 is 0 Å². The summed E-state index contributed by atoms with van der Waals surface area (Å²) in [5.74, 6) is -2.43. The number of hydrogen-bond acceptors (Lipinski definition) is 7. The number of nitro benzene ring substituents is 1. The maximum absolute atomic E-state index is 11.9. The molecule has 0 aliphatic heterocycles. The van der Waals surface area contributed by atoms with Crippen LogP contribution in [0.5, 0.6) is 0 Å². The van der Waals surface area contributed by atoms with Crippen LogP contribution >= 0.6 is 0 Å². The van der Waals surface area contributed by atoms with Crippen molar-refractivity contribution >= 4 is 34.8 Å². The first kappa shape index (κ1) is 20.7. The lowest BCUT2D eigenvalue weighted by Crippen LogP contribution is -2.39. The summed E-state index contributed by atoms with van der Waals surface area (Å²) < 4.78 is 4.73. The number of rotatable bonds is 8. The van der Waals surface area contributed by atoms with Crippen molar-refractivity contribution in [1.82, 2.24) is 10.7 Å². The predicted molar refractivity (Wildman–Crippen MR) is 92.5 cm³/mol. The van der Waals surface area contributed by atoms with E-state index < -0.39 is 22.6 Å². The quantitative estimate of drug-likeness (QED) is 0.196. The molecule has 1 rings (SSSR count). The van der Waals surface area contributed by atoms with Crippen LogP contribution in [0.3, 0.4) is 0 Å². The molecular formula is C15H19N5O6. The van der Waals surface area contributed by atoms with Crippen molar-refractivity contribution in [1.29, 1.82) is 0 Å². The zero-order valence-corrected chi connectivity index (χ0v) is 14.3. The number of nitrogens with one attached hydrogen (secondary N) is 3. The number of carbonyl (C=O) groups excluding carboxylic acids is 3. The van der Waals surface area contributed by atoms with E-state index in [1.807, 2.05) is 5.43 Å². The monoisotopic (exact) mass is 365 g/mol. The molecular weight excluding hydrogens is 346 g/mol. The third-order valence-corrected chi connectivity index (χ3v) is 2.94. The normalized spacial score (nSPS) is 10.8. The van der Waals surface area contributed by atoms with Crippen molar-refractivity contribution in [2.45, 2.75) is 13.3 Å². The van der Waals surface area contributed by atoms with E-state index in [4.69, 9.17) is 4.74 Å². The van der Waals surface area contributed by atoms with Gasteiger partial charge in [0.15, 0.2) is 0 Å². The van der Waals surface area contributed by atoms with Gasteiger partial charge in [-0.1, -0.05) is 12.1 Å². The van der Waals surface area contributed by atoms with Gasteiger partial charge in [0.1, 0.15) is 5.69 Å². The Morgan fingerprint density at radius 1 is 1.23 bits per heavy atom. The molecule has 11 heteroatoms. The van der Waals surface area contributed by atoms with Crippen molar-refractivity contribution < 1.29 is 24.0 Å². The fourth-order valence-electron chi connectivity index (χ4n) is 1.75. The van der Waals surface area contributed by atoms with Gasteiger partial charge in [-0.05, 0) is 13.0 Å². The van der Waals surface area contributed by atoms with Gasteiger partial charge < -0.3 is 15.4 Å². The van der Waals surface area contributed by atoms with E-state index in [0.29, 0.717) is 0 Å². The molecule has 1 aromatic rings. The van der Waals surface area contributed by atoms with E-state index in [0.717, 1.165) is 0 Å². The van der Waals surface area contributed by atoms with Crippen LogP contribution in [0.15, 0.2) is 29.4 Å². The Balaban J connectivity index is 2.54. The van der Waals surface area contributed by atoms with Gasteiger partial charge in [0.2, 0.25) is 5.91 Å². The van der Waals surface area contributed by atoms with E-state index in [2.05, 4.69) is 15.7 Å². The van der Waals surface area contributed by atoms with Crippen LogP contribution in [0.4, 0.5) is 11.4 Å². The van der Waals surface area contributed by atoms with Gasteiger partial charge in [-0.15, -0.1) is 0 Å². The van der Waals surface area contributed by atoms with Gasteiger partial charge in [0.05, 0.1) is 18.0 Å². The number of nitro groups is 1. The molecule has 0 aliphatic rings. The number of carbonyl (C=O) groups is 3. The van der Waals surface area contributed by atoms with Crippen LogP contribution in [-0.4, -0.2) is 48.6 Å². The number of benzene rings is 1. The number of nitrogens with zero attached hydrogens (tertiary/aromatic N) is 2. The van der Waals surface area contributed by atoms with E-state index in [1.54, 1.807) is 6.07 Å². The third-order valence-electron chi connectivity index (χ3n) is 2.94. The highest BCUT2D eigenvalue weighted by Gasteiger charge is 2.16. The highest BCUT2D eigenvalue weighted by Crippen LogP contribution is 2.23. The molecule has 0 radical (unpaired) electrons. The average molecular weight is 365 g/mol. The molecule has 0 fully saturated rings. The lowest BCUT2D eigenvalue weighted by atomic mass is 10.2. The van der Waals surface area contributed by atoms with E-state index in [-0.39, 0.29) is 36.7 Å². The molecule has 0 heterocycles. The van der Waals surface area contributed by atoms with E-state index in [1.165, 1.54) is 32.2 Å². The number of para-hydroxylation sites is 2. The van der Waals surface area contributed by atoms with Gasteiger partial charge in [-0.2, -0.15) is 5.10 Å². The van der Waals surface area contributed by atoms with Crippen molar-refractivity contribution in [3.8, 4) is 0 Å². The summed E-state index contributed by atoms with van der Waals surface area (Å²) in [4.78, 5) is 45.1. The number of methoxy groups -OCH3 is 1. The maximum atomic E-state index is 11.9. The van der Waals surface area contributed by atoms with Crippen molar-refractivity contribution in [3.05, 3.63) is 34.4 Å². The van der Waals surface area contributed by atoms with Crippen molar-refractivity contribution in [2.24, 2.45) is 5.10 Å². The van der Waals surface area contributed by atoms with Crippen LogP contribution in [0.2, 0.25) is 0 Å². The highest BCUT2D eigenvalue weighted by molar-refractivity contribution is 6.35. The maximum Gasteiger partial charge on any atom is 0.329 e. The lowest BCUT2D eigenvalue weighted by Gasteiger charge is -2.06. The van der Waals surface area contributed by atoms with Crippen LogP contribution in [0.1, 0.15) is 13.3 Å². The number of hydrazone groups is 1. The third kappa shape index (κ3) is 7.05. The van der Waals surface area contributed by atoms with Crippen molar-refractivity contribution in [2.75, 3.05) is 25.6 Å². The molecule has 0 aliphatic carbocycles. The molecule has 0 spiro atoms. The minimum atomic E-state index is -0.987. The first-order valence-corrected chi connectivity index (χ1v) is 7.48. The SMILES string of the molecule is COCCNC(=O)C(=O)N/N=C(\C)CC(=O)Nc1ccccc1[N+](=O)[O-]. The fraction of sp³-hybridized carbons (Fsp3) is 0.333. The van der Waals surface area contributed by atoms with Gasteiger partial charge in [0, 0.05) is 25.4 Å². The van der Waals surface area contributed by atoms with Crippen LogP contribution in [0.25, 0.3) is 0 Å². The van der Waals surface area contributed by atoms with Crippen LogP contribution < -0.4 is 16.1 Å². The first-order chi connectivity index (χ1) is 12.3. The Bertz CT molecular complexity index is 718. The zero-order valence-electron chi connectivity index (χ0n) is 14.3. The largest absolute Gasteiger partial charge is 0.383 e. The standard InChI is InChI=1S/C15H19N5O6/c1-10(18-19-15(23)14(22)16-7-8-26-2)9-13(21)17-11-5-3-4-6-12(11)20(24)25/h3-6H,7-9H2,1-2H3,(H,16,22)(H,17,21)(H,19,23)/b18-10+. The van der Waals surface area contributed by atoms with Gasteiger partial charge >= 0.3 is 11.8 Å². The molecule has 0 saturated heterocycles. The first-order valence-electron chi connectivity index (χ1n) is 7.48. The number of anilines is 1. The lowest BCUT2D eigenvalue weighted by molar-refractivity contribution is -0.383. The smallest absolute Gasteiger partial charge is 0.329 e.